The Kier molecular flexibility index (Phi) is 4.72. The van der Waals surface area contributed by atoms with Crippen LogP contribution in [0.15, 0.2) is 48.7 Å². The summed E-state index contributed by atoms with van der Waals surface area (Å²) in [5, 5.41) is 20.5. The second-order valence-corrected chi connectivity index (χ2v) is 8.21. The molecule has 6 heteroatoms. The van der Waals surface area contributed by atoms with E-state index in [-0.39, 0.29) is 0 Å². The van der Waals surface area contributed by atoms with E-state index in [0.29, 0.717) is 6.54 Å². The number of hydrogen-bond acceptors (Lipinski definition) is 5. The third-order valence-electron chi connectivity index (χ3n) is 6.05. The standard InChI is InChI=1S/C23H25N5O/c29-23(11-2-1-3-12-23)13-10-19-7-9-21-22(25-19)28(27-26-21)16-17-6-8-20-18(15-17)5-4-14-24-20/h4-9,14-15,29H,1-3,10-13,16H2. The molecule has 1 aromatic carbocycles. The predicted octanol–water partition coefficient (Wildman–Crippen LogP) is 4.05. The van der Waals surface area contributed by atoms with E-state index in [2.05, 4.69) is 33.5 Å². The van der Waals surface area contributed by atoms with E-state index >= 15 is 0 Å². The van der Waals surface area contributed by atoms with E-state index < -0.39 is 5.60 Å². The summed E-state index contributed by atoms with van der Waals surface area (Å²) in [6.07, 6.45) is 8.66. The molecule has 1 fully saturated rings. The minimum Gasteiger partial charge on any atom is -0.390 e. The molecule has 0 atom stereocenters. The Morgan fingerprint density at radius 1 is 1.00 bits per heavy atom. The zero-order valence-electron chi connectivity index (χ0n) is 16.5. The van der Waals surface area contributed by atoms with E-state index in [4.69, 9.17) is 4.98 Å². The van der Waals surface area contributed by atoms with Crippen LogP contribution in [0.5, 0.6) is 0 Å². The summed E-state index contributed by atoms with van der Waals surface area (Å²) in [5.41, 5.74) is 4.19. The van der Waals surface area contributed by atoms with Crippen molar-refractivity contribution in [3.63, 3.8) is 0 Å². The lowest BCUT2D eigenvalue weighted by Crippen LogP contribution is -2.31. The van der Waals surface area contributed by atoms with Crippen molar-refractivity contribution in [2.24, 2.45) is 0 Å². The first-order valence-electron chi connectivity index (χ1n) is 10.4. The fraction of sp³-hybridized carbons (Fsp3) is 0.391. The maximum absolute atomic E-state index is 10.8. The van der Waals surface area contributed by atoms with Gasteiger partial charge >= 0.3 is 0 Å². The second kappa shape index (κ2) is 7.52. The van der Waals surface area contributed by atoms with Gasteiger partial charge in [0.25, 0.3) is 0 Å². The topological polar surface area (TPSA) is 76.7 Å². The number of benzene rings is 1. The molecule has 0 unspecified atom stereocenters. The van der Waals surface area contributed by atoms with Gasteiger partial charge in [-0.1, -0.05) is 36.6 Å². The molecule has 1 aliphatic carbocycles. The van der Waals surface area contributed by atoms with Crippen LogP contribution in [0.3, 0.4) is 0 Å². The average Bonchev–Trinajstić information content (AvgIpc) is 3.15. The van der Waals surface area contributed by atoms with Gasteiger partial charge in [-0.05, 0) is 61.6 Å². The van der Waals surface area contributed by atoms with Gasteiger partial charge in [-0.2, -0.15) is 0 Å². The van der Waals surface area contributed by atoms with E-state index in [1.807, 2.05) is 35.1 Å². The quantitative estimate of drug-likeness (QED) is 0.559. The van der Waals surface area contributed by atoms with E-state index in [0.717, 1.165) is 71.8 Å². The number of aryl methyl sites for hydroxylation is 1. The molecule has 6 nitrogen and oxygen atoms in total. The third-order valence-corrected chi connectivity index (χ3v) is 6.05. The third kappa shape index (κ3) is 3.85. The second-order valence-electron chi connectivity index (χ2n) is 8.21. The Bertz CT molecular complexity index is 1150. The van der Waals surface area contributed by atoms with Crippen molar-refractivity contribution < 1.29 is 5.11 Å². The van der Waals surface area contributed by atoms with Gasteiger partial charge in [0.05, 0.1) is 17.7 Å². The Morgan fingerprint density at radius 3 is 2.76 bits per heavy atom. The molecule has 0 saturated heterocycles. The lowest BCUT2D eigenvalue weighted by Gasteiger charge is -2.31. The molecule has 0 aliphatic heterocycles. The van der Waals surface area contributed by atoms with Gasteiger partial charge in [0, 0.05) is 17.3 Å². The highest BCUT2D eigenvalue weighted by Gasteiger charge is 2.28. The molecule has 5 rings (SSSR count). The number of fused-ring (bicyclic) bond motifs is 2. The molecule has 0 amide bonds. The van der Waals surface area contributed by atoms with Gasteiger partial charge < -0.3 is 5.11 Å². The van der Waals surface area contributed by atoms with Gasteiger partial charge in [0.1, 0.15) is 5.52 Å². The lowest BCUT2D eigenvalue weighted by atomic mass is 9.81. The molecule has 0 radical (unpaired) electrons. The van der Waals surface area contributed by atoms with Crippen molar-refractivity contribution in [1.29, 1.82) is 0 Å². The molecule has 4 aromatic rings. The van der Waals surface area contributed by atoms with Crippen molar-refractivity contribution in [1.82, 2.24) is 25.0 Å². The van der Waals surface area contributed by atoms with Crippen molar-refractivity contribution in [2.45, 2.75) is 57.1 Å². The monoisotopic (exact) mass is 387 g/mol. The Balaban J connectivity index is 1.37. The van der Waals surface area contributed by atoms with Crippen LogP contribution in [0.4, 0.5) is 0 Å². The minimum atomic E-state index is -0.521. The first-order valence-corrected chi connectivity index (χ1v) is 10.4. The zero-order valence-corrected chi connectivity index (χ0v) is 16.5. The highest BCUT2D eigenvalue weighted by molar-refractivity contribution is 5.79. The van der Waals surface area contributed by atoms with Crippen LogP contribution >= 0.6 is 0 Å². The minimum absolute atomic E-state index is 0.521. The van der Waals surface area contributed by atoms with Crippen molar-refractivity contribution in [3.05, 3.63) is 59.9 Å². The van der Waals surface area contributed by atoms with Crippen molar-refractivity contribution in [3.8, 4) is 0 Å². The van der Waals surface area contributed by atoms with Crippen LogP contribution in [0, 0.1) is 0 Å². The Labute approximate surface area is 169 Å². The number of rotatable bonds is 5. The van der Waals surface area contributed by atoms with Crippen LogP contribution in [0.1, 0.15) is 49.8 Å². The van der Waals surface area contributed by atoms with Crippen LogP contribution in [-0.4, -0.2) is 35.7 Å². The fourth-order valence-corrected chi connectivity index (χ4v) is 4.36. The lowest BCUT2D eigenvalue weighted by molar-refractivity contribution is -0.00360. The van der Waals surface area contributed by atoms with Gasteiger partial charge in [0.15, 0.2) is 5.65 Å². The van der Waals surface area contributed by atoms with Crippen molar-refractivity contribution in [2.75, 3.05) is 0 Å². The van der Waals surface area contributed by atoms with Gasteiger partial charge in [-0.15, -0.1) is 5.10 Å². The molecule has 3 heterocycles. The molecule has 148 valence electrons. The SMILES string of the molecule is OC1(CCc2ccc3nnn(Cc4ccc5ncccc5c4)c3n2)CCCCC1. The fourth-order valence-electron chi connectivity index (χ4n) is 4.36. The normalized spacial score (nSPS) is 16.4. The maximum atomic E-state index is 10.8. The van der Waals surface area contributed by atoms with E-state index in [9.17, 15) is 5.11 Å². The molecular weight excluding hydrogens is 362 g/mol. The van der Waals surface area contributed by atoms with Gasteiger partial charge in [0.2, 0.25) is 0 Å². The predicted molar refractivity (Wildman–Crippen MR) is 113 cm³/mol. The summed E-state index contributed by atoms with van der Waals surface area (Å²) in [6.45, 7) is 0.613. The molecule has 1 saturated carbocycles. The number of hydrogen-bond donors (Lipinski definition) is 1. The highest BCUT2D eigenvalue weighted by atomic mass is 16.3. The van der Waals surface area contributed by atoms with Crippen molar-refractivity contribution >= 4 is 22.1 Å². The smallest absolute Gasteiger partial charge is 0.179 e. The summed E-state index contributed by atoms with van der Waals surface area (Å²) in [7, 11) is 0. The maximum Gasteiger partial charge on any atom is 0.179 e. The molecule has 0 spiro atoms. The first kappa shape index (κ1) is 18.2. The molecule has 29 heavy (non-hydrogen) atoms. The van der Waals surface area contributed by atoms with Crippen LogP contribution in [-0.2, 0) is 13.0 Å². The summed E-state index contributed by atoms with van der Waals surface area (Å²) in [6, 6.07) is 14.3. The number of nitrogens with zero attached hydrogens (tertiary/aromatic N) is 5. The van der Waals surface area contributed by atoms with E-state index in [1.54, 1.807) is 0 Å². The average molecular weight is 387 g/mol. The summed E-state index contributed by atoms with van der Waals surface area (Å²) < 4.78 is 1.85. The van der Waals surface area contributed by atoms with Crippen LogP contribution < -0.4 is 0 Å². The van der Waals surface area contributed by atoms with E-state index in [1.165, 1.54) is 6.42 Å². The van der Waals surface area contributed by atoms with Gasteiger partial charge in [-0.25, -0.2) is 9.67 Å². The molecular formula is C23H25N5O. The highest BCUT2D eigenvalue weighted by Crippen LogP contribution is 2.31. The Hall–Kier alpha value is -2.86. The molecule has 0 bridgehead atoms. The van der Waals surface area contributed by atoms with Gasteiger partial charge in [-0.3, -0.25) is 4.98 Å². The zero-order chi connectivity index (χ0) is 19.7. The summed E-state index contributed by atoms with van der Waals surface area (Å²) in [5.74, 6) is 0. The molecule has 1 N–H and O–H groups in total. The number of aromatic nitrogens is 5. The van der Waals surface area contributed by atoms with Crippen LogP contribution in [0.25, 0.3) is 22.1 Å². The first-order chi connectivity index (χ1) is 14.2. The summed E-state index contributed by atoms with van der Waals surface area (Å²) in [4.78, 5) is 9.20. The summed E-state index contributed by atoms with van der Waals surface area (Å²) >= 11 is 0. The number of pyridine rings is 2. The Morgan fingerprint density at radius 2 is 1.86 bits per heavy atom. The van der Waals surface area contributed by atoms with Crippen LogP contribution in [0.2, 0.25) is 0 Å². The number of aliphatic hydroxyl groups is 1. The largest absolute Gasteiger partial charge is 0.390 e. The molecule has 1 aliphatic rings. The molecule has 3 aromatic heterocycles.